The first-order valence-corrected chi connectivity index (χ1v) is 9.64. The summed E-state index contributed by atoms with van der Waals surface area (Å²) in [7, 11) is 0. The lowest BCUT2D eigenvalue weighted by Gasteiger charge is -2.12. The lowest BCUT2D eigenvalue weighted by Crippen LogP contribution is -2.25. The van der Waals surface area contributed by atoms with Gasteiger partial charge in [0.25, 0.3) is 17.6 Å². The van der Waals surface area contributed by atoms with Gasteiger partial charge in [-0.3, -0.25) is 14.4 Å². The minimum atomic E-state index is -0.770. The van der Waals surface area contributed by atoms with E-state index in [4.69, 9.17) is 0 Å². The van der Waals surface area contributed by atoms with E-state index in [1.165, 1.54) is 0 Å². The first kappa shape index (κ1) is 19.3. The van der Waals surface area contributed by atoms with Crippen LogP contribution in [0.25, 0.3) is 5.57 Å². The second-order valence-electron chi connectivity index (χ2n) is 7.13. The highest BCUT2D eigenvalue weighted by Crippen LogP contribution is 2.28. The molecule has 2 amide bonds. The molecule has 0 aliphatic heterocycles. The molecule has 5 heteroatoms. The standard InChI is InChI=1S/C25H20N2O3/c1-16-7-6-9-18(15-16)26-24(29)21-11-4-5-12-22(21)27-25(30)23(28)20-14-13-17-8-2-3-10-19(17)20/h2-12,14-15H,13H2,1H3,(H,26,29)(H,27,30). The molecule has 0 saturated heterocycles. The van der Waals surface area contributed by atoms with E-state index in [9.17, 15) is 14.4 Å². The van der Waals surface area contributed by atoms with Crippen molar-refractivity contribution < 1.29 is 14.4 Å². The molecule has 0 unspecified atom stereocenters. The summed E-state index contributed by atoms with van der Waals surface area (Å²) in [5.74, 6) is -1.75. The van der Waals surface area contributed by atoms with Crippen molar-refractivity contribution in [1.82, 2.24) is 0 Å². The van der Waals surface area contributed by atoms with Crippen LogP contribution in [0.3, 0.4) is 0 Å². The summed E-state index contributed by atoms with van der Waals surface area (Å²) in [6, 6.07) is 21.6. The minimum Gasteiger partial charge on any atom is -0.322 e. The van der Waals surface area contributed by atoms with E-state index in [1.807, 2.05) is 49.4 Å². The fraction of sp³-hybridized carbons (Fsp3) is 0.0800. The van der Waals surface area contributed by atoms with Gasteiger partial charge in [-0.15, -0.1) is 0 Å². The van der Waals surface area contributed by atoms with E-state index >= 15 is 0 Å². The SMILES string of the molecule is Cc1cccc(NC(=O)c2ccccc2NC(=O)C(=O)C2=CCc3ccccc32)c1. The quantitative estimate of drug-likeness (QED) is 0.628. The number of amides is 2. The Kier molecular flexibility index (Phi) is 5.26. The molecule has 0 atom stereocenters. The number of carbonyl (C=O) groups is 3. The van der Waals surface area contributed by atoms with Crippen LogP contribution >= 0.6 is 0 Å². The summed E-state index contributed by atoms with van der Waals surface area (Å²) >= 11 is 0. The molecule has 2 N–H and O–H groups in total. The number of benzene rings is 3. The van der Waals surface area contributed by atoms with E-state index in [0.717, 1.165) is 16.7 Å². The normalized spacial score (nSPS) is 12.0. The Morgan fingerprint density at radius 3 is 2.43 bits per heavy atom. The maximum absolute atomic E-state index is 12.8. The summed E-state index contributed by atoms with van der Waals surface area (Å²) in [4.78, 5) is 38.2. The number of hydrogen-bond donors (Lipinski definition) is 2. The number of rotatable bonds is 5. The highest BCUT2D eigenvalue weighted by Gasteiger charge is 2.26. The first-order chi connectivity index (χ1) is 14.5. The fourth-order valence-electron chi connectivity index (χ4n) is 3.51. The Balaban J connectivity index is 1.52. The van der Waals surface area contributed by atoms with Gasteiger partial charge in [-0.05, 0) is 54.3 Å². The lowest BCUT2D eigenvalue weighted by atomic mass is 10.0. The van der Waals surface area contributed by atoms with Crippen LogP contribution < -0.4 is 10.6 Å². The number of carbonyl (C=O) groups excluding carboxylic acids is 3. The number of anilines is 2. The summed E-state index contributed by atoms with van der Waals surface area (Å²) < 4.78 is 0. The highest BCUT2D eigenvalue weighted by atomic mass is 16.2. The van der Waals surface area contributed by atoms with Gasteiger partial charge >= 0.3 is 0 Å². The molecule has 0 fully saturated rings. The number of hydrogen-bond acceptors (Lipinski definition) is 3. The van der Waals surface area contributed by atoms with Crippen molar-refractivity contribution in [3.05, 3.63) is 101 Å². The molecule has 0 heterocycles. The molecular formula is C25H20N2O3. The summed E-state index contributed by atoms with van der Waals surface area (Å²) in [5.41, 5.74) is 4.43. The van der Waals surface area contributed by atoms with Crippen LogP contribution in [0.5, 0.6) is 0 Å². The lowest BCUT2D eigenvalue weighted by molar-refractivity contribution is -0.131. The first-order valence-electron chi connectivity index (χ1n) is 9.64. The number of aryl methyl sites for hydroxylation is 1. The topological polar surface area (TPSA) is 75.3 Å². The molecule has 0 spiro atoms. The van der Waals surface area contributed by atoms with Crippen molar-refractivity contribution in [3.8, 4) is 0 Å². The highest BCUT2D eigenvalue weighted by molar-refractivity contribution is 6.56. The van der Waals surface area contributed by atoms with Crippen molar-refractivity contribution in [2.45, 2.75) is 13.3 Å². The van der Waals surface area contributed by atoms with Gasteiger partial charge in [0.15, 0.2) is 0 Å². The van der Waals surface area contributed by atoms with Crippen molar-refractivity contribution >= 4 is 34.5 Å². The molecule has 5 nitrogen and oxygen atoms in total. The van der Waals surface area contributed by atoms with Crippen LogP contribution in [0.1, 0.15) is 27.0 Å². The van der Waals surface area contributed by atoms with Crippen molar-refractivity contribution in [3.63, 3.8) is 0 Å². The molecule has 1 aliphatic carbocycles. The van der Waals surface area contributed by atoms with Crippen LogP contribution in [0.4, 0.5) is 11.4 Å². The Bertz CT molecular complexity index is 1190. The molecule has 0 aromatic heterocycles. The molecule has 148 valence electrons. The van der Waals surface area contributed by atoms with Gasteiger partial charge in [-0.25, -0.2) is 0 Å². The predicted octanol–water partition coefficient (Wildman–Crippen LogP) is 4.39. The molecule has 3 aromatic carbocycles. The molecule has 1 aliphatic rings. The number of fused-ring (bicyclic) bond motifs is 1. The third kappa shape index (κ3) is 3.91. The van der Waals surface area contributed by atoms with E-state index in [0.29, 0.717) is 17.7 Å². The largest absolute Gasteiger partial charge is 0.322 e. The number of nitrogens with one attached hydrogen (secondary N) is 2. The average molecular weight is 396 g/mol. The third-order valence-corrected chi connectivity index (χ3v) is 4.98. The summed E-state index contributed by atoms with van der Waals surface area (Å²) in [6.45, 7) is 1.94. The Labute approximate surface area is 174 Å². The van der Waals surface area contributed by atoms with Gasteiger partial charge in [0.1, 0.15) is 0 Å². The molecule has 0 bridgehead atoms. The second-order valence-corrected chi connectivity index (χ2v) is 7.13. The van der Waals surface area contributed by atoms with Crippen LogP contribution in [0.15, 0.2) is 78.9 Å². The van der Waals surface area contributed by atoms with Crippen molar-refractivity contribution in [1.29, 1.82) is 0 Å². The minimum absolute atomic E-state index is 0.279. The van der Waals surface area contributed by atoms with Crippen LogP contribution in [-0.2, 0) is 16.0 Å². The molecule has 0 saturated carbocycles. The predicted molar refractivity (Wildman–Crippen MR) is 117 cm³/mol. The van der Waals surface area contributed by atoms with Crippen LogP contribution in [0.2, 0.25) is 0 Å². The zero-order valence-corrected chi connectivity index (χ0v) is 16.4. The smallest absolute Gasteiger partial charge is 0.296 e. The Morgan fingerprint density at radius 2 is 1.60 bits per heavy atom. The van der Waals surface area contributed by atoms with Crippen molar-refractivity contribution in [2.24, 2.45) is 0 Å². The van der Waals surface area contributed by atoms with Crippen LogP contribution in [-0.4, -0.2) is 17.6 Å². The number of ketones is 1. The average Bonchev–Trinajstić information content (AvgIpc) is 3.17. The van der Waals surface area contributed by atoms with Gasteiger partial charge in [-0.2, -0.15) is 0 Å². The maximum Gasteiger partial charge on any atom is 0.296 e. The Hall–Kier alpha value is -3.99. The van der Waals surface area contributed by atoms with E-state index in [2.05, 4.69) is 10.6 Å². The van der Waals surface area contributed by atoms with Gasteiger partial charge in [0, 0.05) is 11.3 Å². The summed E-state index contributed by atoms with van der Waals surface area (Å²) in [5, 5.41) is 5.43. The molecule has 4 rings (SSSR count). The number of allylic oxidation sites excluding steroid dienone is 1. The zero-order chi connectivity index (χ0) is 21.1. The molecule has 0 radical (unpaired) electrons. The molecule has 3 aromatic rings. The monoisotopic (exact) mass is 396 g/mol. The van der Waals surface area contributed by atoms with Gasteiger partial charge in [0.05, 0.1) is 11.3 Å². The van der Waals surface area contributed by atoms with Gasteiger partial charge in [0.2, 0.25) is 0 Å². The van der Waals surface area contributed by atoms with Gasteiger partial charge in [-0.1, -0.05) is 54.6 Å². The van der Waals surface area contributed by atoms with E-state index < -0.39 is 11.7 Å². The van der Waals surface area contributed by atoms with E-state index in [-0.39, 0.29) is 17.2 Å². The maximum atomic E-state index is 12.8. The zero-order valence-electron chi connectivity index (χ0n) is 16.4. The van der Waals surface area contributed by atoms with Crippen LogP contribution in [0, 0.1) is 6.92 Å². The molecular weight excluding hydrogens is 376 g/mol. The Morgan fingerprint density at radius 1 is 0.833 bits per heavy atom. The fourth-order valence-corrected chi connectivity index (χ4v) is 3.51. The summed E-state index contributed by atoms with van der Waals surface area (Å²) in [6.07, 6.45) is 2.39. The van der Waals surface area contributed by atoms with Crippen molar-refractivity contribution in [2.75, 3.05) is 10.6 Å². The molecule has 30 heavy (non-hydrogen) atoms. The third-order valence-electron chi connectivity index (χ3n) is 4.98. The number of Topliss-reactive ketones (excluding diaryl/α,β-unsaturated/α-hetero) is 1. The van der Waals surface area contributed by atoms with Gasteiger partial charge < -0.3 is 10.6 Å². The van der Waals surface area contributed by atoms with E-state index in [1.54, 1.807) is 36.4 Å². The second kappa shape index (κ2) is 8.17. The number of para-hydroxylation sites is 1.